The molecule has 1 nitrogen and oxygen atoms in total. The number of hydrogen-bond donors (Lipinski definition) is 1. The molecule has 1 aromatic rings. The van der Waals surface area contributed by atoms with Crippen LogP contribution in [0.2, 0.25) is 0 Å². The molecule has 0 bridgehead atoms. The quantitative estimate of drug-likeness (QED) is 0.897. The van der Waals surface area contributed by atoms with Gasteiger partial charge in [-0.3, -0.25) is 0 Å². The number of piperidine rings is 1. The lowest BCUT2D eigenvalue weighted by molar-refractivity contribution is 0.372. The van der Waals surface area contributed by atoms with Gasteiger partial charge in [0.15, 0.2) is 0 Å². The van der Waals surface area contributed by atoms with E-state index < -0.39 is 0 Å². The molecule has 1 aromatic carbocycles. The van der Waals surface area contributed by atoms with Crippen LogP contribution in [0.5, 0.6) is 0 Å². The van der Waals surface area contributed by atoms with Crippen molar-refractivity contribution in [3.63, 3.8) is 0 Å². The van der Waals surface area contributed by atoms with Gasteiger partial charge in [0.25, 0.3) is 0 Å². The fourth-order valence-corrected chi connectivity index (χ4v) is 3.05. The normalized spacial score (nSPS) is 17.4. The van der Waals surface area contributed by atoms with E-state index in [2.05, 4.69) is 21.2 Å². The topological polar surface area (TPSA) is 12.0 Å². The minimum Gasteiger partial charge on any atom is -0.317 e. The van der Waals surface area contributed by atoms with E-state index in [4.69, 9.17) is 0 Å². The van der Waals surface area contributed by atoms with Gasteiger partial charge < -0.3 is 5.32 Å². The van der Waals surface area contributed by atoms with Gasteiger partial charge in [-0.25, -0.2) is 4.39 Å². The van der Waals surface area contributed by atoms with Crippen LogP contribution in [0.3, 0.4) is 0 Å². The van der Waals surface area contributed by atoms with Crippen LogP contribution in [-0.4, -0.2) is 13.1 Å². The van der Waals surface area contributed by atoms with E-state index in [0.717, 1.165) is 37.4 Å². The monoisotopic (exact) mass is 299 g/mol. The Morgan fingerprint density at radius 1 is 1.35 bits per heavy atom. The van der Waals surface area contributed by atoms with Crippen LogP contribution < -0.4 is 5.32 Å². The Bertz CT molecular complexity index is 386. The molecule has 0 unspecified atom stereocenters. The Morgan fingerprint density at radius 3 is 2.71 bits per heavy atom. The maximum absolute atomic E-state index is 13.7. The summed E-state index contributed by atoms with van der Waals surface area (Å²) >= 11 is 3.32. The zero-order chi connectivity index (χ0) is 12.3. The third-order valence-corrected chi connectivity index (χ3v) is 4.10. The van der Waals surface area contributed by atoms with Crippen molar-refractivity contribution in [3.8, 4) is 0 Å². The summed E-state index contributed by atoms with van der Waals surface area (Å²) in [4.78, 5) is 0. The summed E-state index contributed by atoms with van der Waals surface area (Å²) in [5.74, 6) is 0.653. The minimum absolute atomic E-state index is 0.0958. The van der Waals surface area contributed by atoms with Crippen molar-refractivity contribution in [2.45, 2.75) is 32.6 Å². The molecule has 0 amide bonds. The summed E-state index contributed by atoms with van der Waals surface area (Å²) in [5.41, 5.74) is 2.09. The lowest BCUT2D eigenvalue weighted by atomic mass is 9.90. The number of aryl methyl sites for hydroxylation is 1. The summed E-state index contributed by atoms with van der Waals surface area (Å²) < 4.78 is 14.3. The van der Waals surface area contributed by atoms with E-state index in [-0.39, 0.29) is 5.82 Å². The van der Waals surface area contributed by atoms with Crippen molar-refractivity contribution in [3.05, 3.63) is 33.5 Å². The van der Waals surface area contributed by atoms with Gasteiger partial charge in [-0.05, 0) is 77.8 Å². The number of rotatable bonds is 3. The molecule has 17 heavy (non-hydrogen) atoms. The second-order valence-corrected chi connectivity index (χ2v) is 5.66. The molecule has 1 heterocycles. The van der Waals surface area contributed by atoms with Crippen molar-refractivity contribution in [1.29, 1.82) is 0 Å². The Kier molecular flexibility index (Phi) is 4.57. The van der Waals surface area contributed by atoms with Crippen LogP contribution in [0.4, 0.5) is 4.39 Å². The van der Waals surface area contributed by atoms with Gasteiger partial charge in [0.2, 0.25) is 0 Å². The molecule has 1 aliphatic rings. The van der Waals surface area contributed by atoms with E-state index in [1.165, 1.54) is 18.4 Å². The Labute approximate surface area is 111 Å². The molecule has 0 spiro atoms. The number of benzene rings is 1. The predicted octanol–water partition coefficient (Wildman–Crippen LogP) is 3.69. The van der Waals surface area contributed by atoms with E-state index in [9.17, 15) is 4.39 Å². The maximum Gasteiger partial charge on any atom is 0.140 e. The molecular weight excluding hydrogens is 281 g/mol. The molecule has 0 aromatic heterocycles. The van der Waals surface area contributed by atoms with Crippen LogP contribution in [0.1, 0.15) is 30.9 Å². The van der Waals surface area contributed by atoms with Crippen molar-refractivity contribution < 1.29 is 4.39 Å². The molecule has 0 saturated carbocycles. The first-order valence-electron chi connectivity index (χ1n) is 6.38. The minimum atomic E-state index is -0.0958. The molecule has 2 rings (SSSR count). The fraction of sp³-hybridized carbons (Fsp3) is 0.571. The van der Waals surface area contributed by atoms with Crippen molar-refractivity contribution in [1.82, 2.24) is 5.32 Å². The van der Waals surface area contributed by atoms with Crippen LogP contribution >= 0.6 is 15.9 Å². The first-order valence-corrected chi connectivity index (χ1v) is 7.17. The Morgan fingerprint density at radius 2 is 2.06 bits per heavy atom. The standard InChI is InChI=1S/C14H19BrFN/c1-2-12-8-11(9-13(15)14(12)16)7-10-3-5-17-6-4-10/h8-10,17H,2-7H2,1H3. The average Bonchev–Trinajstić information content (AvgIpc) is 2.35. The van der Waals surface area contributed by atoms with Gasteiger partial charge in [0.05, 0.1) is 4.47 Å². The van der Waals surface area contributed by atoms with Crippen molar-refractivity contribution >= 4 is 15.9 Å². The predicted molar refractivity (Wildman–Crippen MR) is 72.8 cm³/mol. The molecule has 1 fully saturated rings. The highest BCUT2D eigenvalue weighted by Crippen LogP contribution is 2.25. The first-order chi connectivity index (χ1) is 8.20. The van der Waals surface area contributed by atoms with Gasteiger partial charge in [-0.1, -0.05) is 13.0 Å². The van der Waals surface area contributed by atoms with Gasteiger partial charge >= 0.3 is 0 Å². The summed E-state index contributed by atoms with van der Waals surface area (Å²) in [7, 11) is 0. The van der Waals surface area contributed by atoms with E-state index in [1.54, 1.807) is 0 Å². The highest BCUT2D eigenvalue weighted by molar-refractivity contribution is 9.10. The molecule has 0 atom stereocenters. The summed E-state index contributed by atoms with van der Waals surface area (Å²) in [6, 6.07) is 3.97. The van der Waals surface area contributed by atoms with Crippen LogP contribution in [0, 0.1) is 11.7 Å². The lowest BCUT2D eigenvalue weighted by Gasteiger charge is -2.23. The molecular formula is C14H19BrFN. The SMILES string of the molecule is CCc1cc(CC2CCNCC2)cc(Br)c1F. The zero-order valence-electron chi connectivity index (χ0n) is 10.2. The molecule has 1 saturated heterocycles. The third-order valence-electron chi connectivity index (χ3n) is 3.53. The van der Waals surface area contributed by atoms with Crippen LogP contribution in [0.15, 0.2) is 16.6 Å². The Balaban J connectivity index is 2.12. The molecule has 0 aliphatic carbocycles. The van der Waals surface area contributed by atoms with Gasteiger partial charge in [-0.2, -0.15) is 0 Å². The van der Waals surface area contributed by atoms with E-state index >= 15 is 0 Å². The zero-order valence-corrected chi connectivity index (χ0v) is 11.8. The lowest BCUT2D eigenvalue weighted by Crippen LogP contribution is -2.28. The number of halogens is 2. The van der Waals surface area contributed by atoms with E-state index in [1.807, 2.05) is 19.1 Å². The largest absolute Gasteiger partial charge is 0.317 e. The van der Waals surface area contributed by atoms with Crippen molar-refractivity contribution in [2.75, 3.05) is 13.1 Å². The number of hydrogen-bond acceptors (Lipinski definition) is 1. The molecule has 0 radical (unpaired) electrons. The highest BCUT2D eigenvalue weighted by atomic mass is 79.9. The molecule has 94 valence electrons. The second-order valence-electron chi connectivity index (χ2n) is 4.80. The smallest absolute Gasteiger partial charge is 0.140 e. The first kappa shape index (κ1) is 13.0. The van der Waals surface area contributed by atoms with Crippen LogP contribution in [-0.2, 0) is 12.8 Å². The Hall–Kier alpha value is -0.410. The molecule has 1 aliphatic heterocycles. The van der Waals surface area contributed by atoms with Crippen molar-refractivity contribution in [2.24, 2.45) is 5.92 Å². The van der Waals surface area contributed by atoms with Crippen LogP contribution in [0.25, 0.3) is 0 Å². The van der Waals surface area contributed by atoms with Gasteiger partial charge in [-0.15, -0.1) is 0 Å². The summed E-state index contributed by atoms with van der Waals surface area (Å²) in [5, 5.41) is 3.37. The van der Waals surface area contributed by atoms with Gasteiger partial charge in [0.1, 0.15) is 5.82 Å². The van der Waals surface area contributed by atoms with E-state index in [0.29, 0.717) is 4.47 Å². The summed E-state index contributed by atoms with van der Waals surface area (Å²) in [6.45, 7) is 4.24. The maximum atomic E-state index is 13.7. The molecule has 1 N–H and O–H groups in total. The fourth-order valence-electron chi connectivity index (χ4n) is 2.50. The third kappa shape index (κ3) is 3.29. The highest BCUT2D eigenvalue weighted by Gasteiger charge is 2.15. The number of nitrogens with one attached hydrogen (secondary N) is 1. The average molecular weight is 300 g/mol. The summed E-state index contributed by atoms with van der Waals surface area (Å²) in [6.07, 6.45) is 4.30. The van der Waals surface area contributed by atoms with Gasteiger partial charge in [0, 0.05) is 0 Å². The second kappa shape index (κ2) is 5.96. The molecule has 3 heteroatoms.